The van der Waals surface area contributed by atoms with E-state index < -0.39 is 9.84 Å². The van der Waals surface area contributed by atoms with E-state index in [2.05, 4.69) is 12.2 Å². The Labute approximate surface area is 125 Å². The Hall–Kier alpha value is -1.40. The van der Waals surface area contributed by atoms with E-state index in [-0.39, 0.29) is 5.54 Å². The molecule has 0 saturated carbocycles. The summed E-state index contributed by atoms with van der Waals surface area (Å²) in [6, 6.07) is 5.33. The smallest absolute Gasteiger partial charge is 0.177 e. The van der Waals surface area contributed by atoms with Gasteiger partial charge >= 0.3 is 0 Å². The molecule has 5 nitrogen and oxygen atoms in total. The molecular weight excluding hydrogens is 286 g/mol. The van der Waals surface area contributed by atoms with Crippen LogP contribution in [0.1, 0.15) is 32.0 Å². The fraction of sp³-hybridized carbons (Fsp3) is 0.533. The molecule has 0 amide bonds. The average molecular weight is 307 g/mol. The first-order valence-corrected chi connectivity index (χ1v) is 9.13. The number of hydrogen-bond donors (Lipinski definition) is 1. The molecule has 21 heavy (non-hydrogen) atoms. The van der Waals surface area contributed by atoms with Crippen LogP contribution in [0.25, 0.3) is 11.0 Å². The van der Waals surface area contributed by atoms with Gasteiger partial charge in [0.1, 0.15) is 11.3 Å². The Balaban J connectivity index is 2.25. The molecule has 1 aromatic carbocycles. The summed E-state index contributed by atoms with van der Waals surface area (Å²) in [4.78, 5) is 5.00. The van der Waals surface area contributed by atoms with Gasteiger partial charge in [-0.3, -0.25) is 0 Å². The third-order valence-electron chi connectivity index (χ3n) is 4.39. The zero-order valence-electron chi connectivity index (χ0n) is 12.7. The number of rotatable bonds is 2. The molecule has 1 fully saturated rings. The lowest BCUT2D eigenvalue weighted by atomic mass is 9.90. The van der Waals surface area contributed by atoms with Crippen LogP contribution in [0.5, 0.6) is 0 Å². The van der Waals surface area contributed by atoms with Gasteiger partial charge in [-0.25, -0.2) is 13.4 Å². The number of nitrogens with zero attached hydrogens (tertiary/aromatic N) is 2. The van der Waals surface area contributed by atoms with Crippen LogP contribution in [0.2, 0.25) is 0 Å². The molecule has 1 aliphatic rings. The molecule has 1 aliphatic heterocycles. The molecule has 1 saturated heterocycles. The Morgan fingerprint density at radius 1 is 1.33 bits per heavy atom. The minimum absolute atomic E-state index is 0.194. The van der Waals surface area contributed by atoms with E-state index in [9.17, 15) is 8.42 Å². The van der Waals surface area contributed by atoms with Crippen molar-refractivity contribution in [1.82, 2.24) is 14.9 Å². The highest BCUT2D eigenvalue weighted by molar-refractivity contribution is 7.91. The van der Waals surface area contributed by atoms with Crippen LogP contribution in [0.15, 0.2) is 23.1 Å². The van der Waals surface area contributed by atoms with Gasteiger partial charge < -0.3 is 9.88 Å². The molecule has 3 rings (SSSR count). The van der Waals surface area contributed by atoms with Gasteiger partial charge in [0.05, 0.1) is 16.0 Å². The van der Waals surface area contributed by atoms with Crippen molar-refractivity contribution in [2.45, 2.75) is 36.6 Å². The van der Waals surface area contributed by atoms with Gasteiger partial charge in [-0.15, -0.1) is 0 Å². The van der Waals surface area contributed by atoms with Crippen LogP contribution in [0, 0.1) is 0 Å². The van der Waals surface area contributed by atoms with E-state index in [0.717, 1.165) is 30.7 Å². The van der Waals surface area contributed by atoms with E-state index in [1.807, 2.05) is 17.7 Å². The van der Waals surface area contributed by atoms with E-state index in [0.29, 0.717) is 10.4 Å². The number of imidazole rings is 1. The summed E-state index contributed by atoms with van der Waals surface area (Å²) in [6.07, 6.45) is 4.58. The quantitative estimate of drug-likeness (QED) is 0.921. The number of sulfone groups is 1. The second-order valence-electron chi connectivity index (χ2n) is 6.11. The van der Waals surface area contributed by atoms with Gasteiger partial charge in [0.2, 0.25) is 0 Å². The summed E-state index contributed by atoms with van der Waals surface area (Å²) in [5.41, 5.74) is 1.24. The van der Waals surface area contributed by atoms with Crippen molar-refractivity contribution in [3.8, 4) is 0 Å². The molecule has 1 atom stereocenters. The second kappa shape index (κ2) is 4.81. The molecule has 2 aromatic rings. The number of aryl methyl sites for hydroxylation is 1. The first kappa shape index (κ1) is 14.5. The molecule has 1 N–H and O–H groups in total. The topological polar surface area (TPSA) is 64.0 Å². The third kappa shape index (κ3) is 2.36. The number of piperidine rings is 1. The molecule has 0 bridgehead atoms. The van der Waals surface area contributed by atoms with Crippen molar-refractivity contribution >= 4 is 20.9 Å². The van der Waals surface area contributed by atoms with Crippen molar-refractivity contribution in [2.75, 3.05) is 12.8 Å². The highest BCUT2D eigenvalue weighted by Crippen LogP contribution is 2.32. The summed E-state index contributed by atoms with van der Waals surface area (Å²) in [6.45, 7) is 3.12. The van der Waals surface area contributed by atoms with E-state index in [1.54, 1.807) is 12.1 Å². The van der Waals surface area contributed by atoms with E-state index in [4.69, 9.17) is 4.98 Å². The van der Waals surface area contributed by atoms with Gasteiger partial charge in [0.15, 0.2) is 9.84 Å². The van der Waals surface area contributed by atoms with Crippen LogP contribution in [0.3, 0.4) is 0 Å². The lowest BCUT2D eigenvalue weighted by Crippen LogP contribution is -2.45. The Bertz CT molecular complexity index is 787. The lowest BCUT2D eigenvalue weighted by Gasteiger charge is -2.34. The van der Waals surface area contributed by atoms with E-state index in [1.165, 1.54) is 12.7 Å². The number of fused-ring (bicyclic) bond motifs is 1. The van der Waals surface area contributed by atoms with Gasteiger partial charge in [0, 0.05) is 13.3 Å². The maximum absolute atomic E-state index is 12.0. The molecule has 1 unspecified atom stereocenters. The number of nitrogens with one attached hydrogen (secondary N) is 1. The maximum Gasteiger partial charge on any atom is 0.177 e. The van der Waals surface area contributed by atoms with Crippen LogP contribution in [-0.2, 0) is 22.4 Å². The number of hydrogen-bond acceptors (Lipinski definition) is 4. The predicted molar refractivity (Wildman–Crippen MR) is 83.0 cm³/mol. The molecule has 0 radical (unpaired) electrons. The third-order valence-corrected chi connectivity index (χ3v) is 5.51. The van der Waals surface area contributed by atoms with Gasteiger partial charge in [-0.1, -0.05) is 6.07 Å². The van der Waals surface area contributed by atoms with Crippen molar-refractivity contribution in [2.24, 2.45) is 7.05 Å². The SMILES string of the molecule is Cn1c(C2(C)CCCCN2)nc2c(S(C)(=O)=O)cccc21. The van der Waals surface area contributed by atoms with Crippen molar-refractivity contribution in [3.05, 3.63) is 24.0 Å². The zero-order chi connectivity index (χ0) is 15.3. The largest absolute Gasteiger partial charge is 0.330 e. The lowest BCUT2D eigenvalue weighted by molar-refractivity contribution is 0.264. The summed E-state index contributed by atoms with van der Waals surface area (Å²) in [7, 11) is -1.32. The Morgan fingerprint density at radius 2 is 2.10 bits per heavy atom. The van der Waals surface area contributed by atoms with E-state index >= 15 is 0 Å². The normalized spacial score (nSPS) is 23.6. The molecule has 2 heterocycles. The van der Waals surface area contributed by atoms with Gasteiger partial charge in [-0.2, -0.15) is 0 Å². The summed E-state index contributed by atoms with van der Waals surface area (Å²) >= 11 is 0. The standard InChI is InChI=1S/C15H21N3O2S/c1-15(9-4-5-10-16-15)14-17-13-11(18(14)2)7-6-8-12(13)21(3,19)20/h6-8,16H,4-5,9-10H2,1-3H3. The first-order valence-electron chi connectivity index (χ1n) is 7.24. The van der Waals surface area contributed by atoms with Gasteiger partial charge in [0.25, 0.3) is 0 Å². The fourth-order valence-corrected chi connectivity index (χ4v) is 4.06. The summed E-state index contributed by atoms with van der Waals surface area (Å²) in [5.74, 6) is 0.910. The highest BCUT2D eigenvalue weighted by atomic mass is 32.2. The van der Waals surface area contributed by atoms with Crippen LogP contribution in [-0.4, -0.2) is 30.8 Å². The van der Waals surface area contributed by atoms with Crippen LogP contribution in [0.4, 0.5) is 0 Å². The second-order valence-corrected chi connectivity index (χ2v) is 8.09. The molecular formula is C15H21N3O2S. The average Bonchev–Trinajstić information content (AvgIpc) is 2.77. The summed E-state index contributed by atoms with van der Waals surface area (Å²) in [5, 5.41) is 3.54. The summed E-state index contributed by atoms with van der Waals surface area (Å²) < 4.78 is 25.9. The molecule has 0 aliphatic carbocycles. The number of benzene rings is 1. The van der Waals surface area contributed by atoms with Crippen molar-refractivity contribution in [3.63, 3.8) is 0 Å². The minimum Gasteiger partial charge on any atom is -0.330 e. The van der Waals surface area contributed by atoms with Crippen LogP contribution < -0.4 is 5.32 Å². The predicted octanol–water partition coefficient (Wildman–Crippen LogP) is 1.97. The number of aromatic nitrogens is 2. The van der Waals surface area contributed by atoms with Crippen molar-refractivity contribution < 1.29 is 8.42 Å². The molecule has 6 heteroatoms. The van der Waals surface area contributed by atoms with Crippen molar-refractivity contribution in [1.29, 1.82) is 0 Å². The Kier molecular flexibility index (Phi) is 3.33. The fourth-order valence-electron chi connectivity index (χ4n) is 3.23. The molecule has 1 aromatic heterocycles. The Morgan fingerprint density at radius 3 is 2.71 bits per heavy atom. The molecule has 114 valence electrons. The minimum atomic E-state index is -3.28. The van der Waals surface area contributed by atoms with Gasteiger partial charge in [-0.05, 0) is 44.9 Å². The highest BCUT2D eigenvalue weighted by Gasteiger charge is 2.33. The number of para-hydroxylation sites is 1. The van der Waals surface area contributed by atoms with Crippen LogP contribution >= 0.6 is 0 Å². The maximum atomic E-state index is 12.0. The first-order chi connectivity index (χ1) is 9.83. The monoisotopic (exact) mass is 307 g/mol. The molecule has 0 spiro atoms. The zero-order valence-corrected chi connectivity index (χ0v) is 13.5.